The van der Waals surface area contributed by atoms with Gasteiger partial charge in [-0.1, -0.05) is 48.5 Å². The summed E-state index contributed by atoms with van der Waals surface area (Å²) >= 11 is 0. The van der Waals surface area contributed by atoms with Crippen molar-refractivity contribution in [3.63, 3.8) is 0 Å². The van der Waals surface area contributed by atoms with Crippen molar-refractivity contribution < 1.29 is 24.2 Å². The number of amides is 1. The maximum absolute atomic E-state index is 12.4. The van der Waals surface area contributed by atoms with Crippen LogP contribution >= 0.6 is 0 Å². The highest BCUT2D eigenvalue weighted by Crippen LogP contribution is 2.44. The van der Waals surface area contributed by atoms with Crippen molar-refractivity contribution in [2.75, 3.05) is 13.2 Å². The van der Waals surface area contributed by atoms with Crippen molar-refractivity contribution in [2.24, 2.45) is 0 Å². The number of nitrogens with one attached hydrogen (secondary N) is 1. The number of hydrogen-bond donors (Lipinski definition) is 2. The van der Waals surface area contributed by atoms with Crippen LogP contribution in [0.3, 0.4) is 0 Å². The van der Waals surface area contributed by atoms with Crippen molar-refractivity contribution in [2.45, 2.75) is 44.8 Å². The first-order chi connectivity index (χ1) is 13.6. The molecule has 0 saturated heterocycles. The normalized spacial score (nSPS) is 15.2. The lowest BCUT2D eigenvalue weighted by Gasteiger charge is -2.30. The Kier molecular flexibility index (Phi) is 5.66. The molecule has 3 rings (SSSR count). The van der Waals surface area contributed by atoms with Gasteiger partial charge in [-0.15, -0.1) is 0 Å². The first-order valence-electron chi connectivity index (χ1n) is 9.61. The molecule has 0 fully saturated rings. The number of aliphatic carboxylic acids is 1. The van der Waals surface area contributed by atoms with E-state index in [1.807, 2.05) is 57.2 Å². The fourth-order valence-corrected chi connectivity index (χ4v) is 3.37. The van der Waals surface area contributed by atoms with Crippen LogP contribution in [0, 0.1) is 0 Å². The van der Waals surface area contributed by atoms with Crippen molar-refractivity contribution in [1.82, 2.24) is 5.32 Å². The number of hydrogen-bond acceptors (Lipinski definition) is 4. The van der Waals surface area contributed by atoms with Crippen LogP contribution in [0.25, 0.3) is 11.1 Å². The van der Waals surface area contributed by atoms with E-state index >= 15 is 0 Å². The lowest BCUT2D eigenvalue weighted by atomic mass is 9.98. The molecule has 1 atom stereocenters. The molecule has 0 heterocycles. The number of alkyl carbamates (subject to hydrolysis) is 1. The van der Waals surface area contributed by atoms with Crippen molar-refractivity contribution in [3.8, 4) is 11.1 Å². The van der Waals surface area contributed by atoms with Gasteiger partial charge in [-0.3, -0.25) is 0 Å². The summed E-state index contributed by atoms with van der Waals surface area (Å²) in [7, 11) is 0. The fraction of sp³-hybridized carbons (Fsp3) is 0.391. The zero-order chi connectivity index (χ0) is 21.2. The van der Waals surface area contributed by atoms with Crippen LogP contribution in [0.1, 0.15) is 44.7 Å². The summed E-state index contributed by atoms with van der Waals surface area (Å²) in [6, 6.07) is 16.1. The number of benzene rings is 2. The first kappa shape index (κ1) is 20.9. The second-order valence-electron chi connectivity index (χ2n) is 8.49. The highest BCUT2D eigenvalue weighted by atomic mass is 16.6. The minimum Gasteiger partial charge on any atom is -0.479 e. The largest absolute Gasteiger partial charge is 0.479 e. The summed E-state index contributed by atoms with van der Waals surface area (Å²) in [5, 5.41) is 12.0. The summed E-state index contributed by atoms with van der Waals surface area (Å²) in [6.45, 7) is 6.82. The van der Waals surface area contributed by atoms with Crippen molar-refractivity contribution >= 4 is 12.1 Å². The standard InChI is InChI=1S/C23H27NO5/c1-22(2,3)29-14-23(4,20(25)26)24-21(27)28-13-19-17-11-7-5-9-15(17)16-10-6-8-12-18(16)19/h5-12,19H,13-14H2,1-4H3,(H,24,27)(H,25,26)/t23-/m0/s1. The molecule has 2 aromatic carbocycles. The number of carbonyl (C=O) groups is 2. The van der Waals surface area contributed by atoms with Crippen LogP contribution in [0.15, 0.2) is 48.5 Å². The molecule has 29 heavy (non-hydrogen) atoms. The van der Waals surface area contributed by atoms with Crippen LogP contribution in [-0.4, -0.2) is 41.5 Å². The second-order valence-corrected chi connectivity index (χ2v) is 8.49. The van der Waals surface area contributed by atoms with Gasteiger partial charge in [0.1, 0.15) is 6.61 Å². The molecule has 0 aliphatic heterocycles. The lowest BCUT2D eigenvalue weighted by Crippen LogP contribution is -2.56. The third-order valence-corrected chi connectivity index (χ3v) is 4.99. The van der Waals surface area contributed by atoms with Crippen molar-refractivity contribution in [3.05, 3.63) is 59.7 Å². The van der Waals surface area contributed by atoms with Gasteiger partial charge in [-0.2, -0.15) is 0 Å². The smallest absolute Gasteiger partial charge is 0.408 e. The zero-order valence-corrected chi connectivity index (χ0v) is 17.2. The number of carboxylic acid groups (broad SMARTS) is 1. The highest BCUT2D eigenvalue weighted by molar-refractivity contribution is 5.84. The SMILES string of the molecule is CC(C)(C)OC[C@](C)(NC(=O)OCC1c2ccccc2-c2ccccc21)C(=O)O. The molecule has 6 heteroatoms. The van der Waals surface area contributed by atoms with E-state index < -0.39 is 23.2 Å². The van der Waals surface area contributed by atoms with Gasteiger partial charge in [-0.05, 0) is 49.9 Å². The van der Waals surface area contributed by atoms with Crippen LogP contribution in [-0.2, 0) is 14.3 Å². The monoisotopic (exact) mass is 397 g/mol. The van der Waals surface area contributed by atoms with E-state index in [0.29, 0.717) is 0 Å². The Morgan fingerprint density at radius 1 is 0.966 bits per heavy atom. The number of carbonyl (C=O) groups excluding carboxylic acids is 1. The predicted molar refractivity (Wildman–Crippen MR) is 110 cm³/mol. The molecule has 0 aromatic heterocycles. The molecule has 2 N–H and O–H groups in total. The molecule has 1 aliphatic rings. The molecule has 0 bridgehead atoms. The van der Waals surface area contributed by atoms with Gasteiger partial charge in [0.05, 0.1) is 12.2 Å². The molecular formula is C23H27NO5. The van der Waals surface area contributed by atoms with E-state index in [9.17, 15) is 14.7 Å². The number of carboxylic acids is 1. The summed E-state index contributed by atoms with van der Waals surface area (Å²) in [4.78, 5) is 24.1. The van der Waals surface area contributed by atoms with E-state index in [0.717, 1.165) is 22.3 Å². The Labute approximate surface area is 170 Å². The van der Waals surface area contributed by atoms with E-state index in [-0.39, 0.29) is 19.1 Å². The Bertz CT molecular complexity index is 872. The Balaban J connectivity index is 1.70. The minimum absolute atomic E-state index is 0.0879. The zero-order valence-electron chi connectivity index (χ0n) is 17.2. The van der Waals surface area contributed by atoms with Gasteiger partial charge >= 0.3 is 12.1 Å². The van der Waals surface area contributed by atoms with Crippen LogP contribution < -0.4 is 5.32 Å². The predicted octanol–water partition coefficient (Wildman–Crippen LogP) is 4.18. The summed E-state index contributed by atoms with van der Waals surface area (Å²) in [5.41, 5.74) is 2.34. The number of ether oxygens (including phenoxy) is 2. The van der Waals surface area contributed by atoms with Gasteiger partial charge in [0.2, 0.25) is 0 Å². The van der Waals surface area contributed by atoms with Gasteiger partial charge in [0.25, 0.3) is 0 Å². The third-order valence-electron chi connectivity index (χ3n) is 4.99. The van der Waals surface area contributed by atoms with E-state index in [1.54, 1.807) is 0 Å². The summed E-state index contributed by atoms with van der Waals surface area (Å²) in [5.74, 6) is -1.27. The van der Waals surface area contributed by atoms with Gasteiger partial charge in [0, 0.05) is 5.92 Å². The van der Waals surface area contributed by atoms with Crippen molar-refractivity contribution in [1.29, 1.82) is 0 Å². The lowest BCUT2D eigenvalue weighted by molar-refractivity contribution is -0.149. The van der Waals surface area contributed by atoms with E-state index in [2.05, 4.69) is 17.4 Å². The van der Waals surface area contributed by atoms with Gasteiger partial charge < -0.3 is 19.9 Å². The molecule has 2 aromatic rings. The molecule has 0 spiro atoms. The molecule has 1 amide bonds. The maximum Gasteiger partial charge on any atom is 0.408 e. The molecule has 0 unspecified atom stereocenters. The Morgan fingerprint density at radius 2 is 1.48 bits per heavy atom. The van der Waals surface area contributed by atoms with E-state index in [4.69, 9.17) is 9.47 Å². The highest BCUT2D eigenvalue weighted by Gasteiger charge is 2.38. The van der Waals surface area contributed by atoms with E-state index in [1.165, 1.54) is 6.92 Å². The van der Waals surface area contributed by atoms with Crippen LogP contribution in [0.2, 0.25) is 0 Å². The molecule has 0 radical (unpaired) electrons. The summed E-state index contributed by atoms with van der Waals surface area (Å²) in [6.07, 6.45) is -0.783. The average molecular weight is 397 g/mol. The number of rotatable bonds is 6. The molecule has 6 nitrogen and oxygen atoms in total. The fourth-order valence-electron chi connectivity index (χ4n) is 3.37. The van der Waals surface area contributed by atoms with Crippen LogP contribution in [0.4, 0.5) is 4.79 Å². The molecule has 1 aliphatic carbocycles. The van der Waals surface area contributed by atoms with Gasteiger partial charge in [-0.25, -0.2) is 9.59 Å². The van der Waals surface area contributed by atoms with Crippen LogP contribution in [0.5, 0.6) is 0 Å². The summed E-state index contributed by atoms with van der Waals surface area (Å²) < 4.78 is 11.0. The topological polar surface area (TPSA) is 84.9 Å². The Morgan fingerprint density at radius 3 is 1.97 bits per heavy atom. The second kappa shape index (κ2) is 7.87. The quantitative estimate of drug-likeness (QED) is 0.764. The van der Waals surface area contributed by atoms with Gasteiger partial charge in [0.15, 0.2) is 5.54 Å². The Hall–Kier alpha value is -2.86. The molecular weight excluding hydrogens is 370 g/mol. The molecule has 0 saturated carbocycles. The minimum atomic E-state index is -1.59. The average Bonchev–Trinajstić information content (AvgIpc) is 2.98. The maximum atomic E-state index is 12.4. The first-order valence-corrected chi connectivity index (χ1v) is 9.61. The molecule has 154 valence electrons. The third kappa shape index (κ3) is 4.59. The number of fused-ring (bicyclic) bond motifs is 3.